The van der Waals surface area contributed by atoms with Gasteiger partial charge in [0.05, 0.1) is 12.1 Å². The van der Waals surface area contributed by atoms with Gasteiger partial charge in [-0.05, 0) is 37.6 Å². The van der Waals surface area contributed by atoms with E-state index in [1.807, 2.05) is 48.2 Å². The summed E-state index contributed by atoms with van der Waals surface area (Å²) in [5.41, 5.74) is 6.51. The molecular weight excluding hydrogens is 421 g/mol. The fraction of sp³-hybridized carbons (Fsp3) is 0.333. The fourth-order valence-corrected chi connectivity index (χ4v) is 4.65. The van der Waals surface area contributed by atoms with E-state index in [2.05, 4.69) is 19.9 Å². The maximum atomic E-state index is 13.6. The quantitative estimate of drug-likeness (QED) is 0.482. The van der Waals surface area contributed by atoms with Crippen LogP contribution in [0, 0.1) is 19.7 Å². The molecule has 0 N–H and O–H groups in total. The number of halogens is 1. The van der Waals surface area contributed by atoms with Crippen LogP contribution >= 0.6 is 0 Å². The van der Waals surface area contributed by atoms with Gasteiger partial charge in [-0.15, -0.1) is 10.2 Å². The number of carbonyl (C=O) groups is 1. The minimum absolute atomic E-state index is 0.00637. The predicted molar refractivity (Wildman–Crippen MR) is 121 cm³/mol. The van der Waals surface area contributed by atoms with Gasteiger partial charge in [0.1, 0.15) is 17.8 Å². The molecule has 0 fully saturated rings. The highest BCUT2D eigenvalue weighted by Gasteiger charge is 2.30. The van der Waals surface area contributed by atoms with E-state index in [1.54, 1.807) is 18.5 Å². The number of hydrogen-bond donors (Lipinski definition) is 0. The van der Waals surface area contributed by atoms with Crippen molar-refractivity contribution in [3.63, 3.8) is 0 Å². The van der Waals surface area contributed by atoms with E-state index in [0.717, 1.165) is 40.3 Å². The summed E-state index contributed by atoms with van der Waals surface area (Å²) in [5.74, 6) is 0.446. The summed E-state index contributed by atoms with van der Waals surface area (Å²) in [6.45, 7) is 5.66. The Morgan fingerprint density at radius 3 is 2.61 bits per heavy atom. The lowest BCUT2D eigenvalue weighted by molar-refractivity contribution is 0.0733. The van der Waals surface area contributed by atoms with Crippen LogP contribution in [-0.2, 0) is 33.6 Å². The summed E-state index contributed by atoms with van der Waals surface area (Å²) in [4.78, 5) is 15.4. The summed E-state index contributed by atoms with van der Waals surface area (Å²) in [7, 11) is 3.82. The first-order valence-electron chi connectivity index (χ1n) is 10.9. The zero-order chi connectivity index (χ0) is 23.3. The number of aromatic nitrogens is 6. The molecule has 0 saturated heterocycles. The largest absolute Gasteiger partial charge is 0.344 e. The number of rotatable bonds is 4. The monoisotopic (exact) mass is 447 g/mol. The van der Waals surface area contributed by atoms with Gasteiger partial charge < -0.3 is 14.0 Å². The van der Waals surface area contributed by atoms with Crippen LogP contribution in [0.1, 0.15) is 38.6 Å². The first kappa shape index (κ1) is 21.1. The summed E-state index contributed by atoms with van der Waals surface area (Å²) < 4.78 is 19.1. The molecule has 1 aromatic carbocycles. The van der Waals surface area contributed by atoms with Crippen LogP contribution in [-0.4, -0.2) is 46.5 Å². The Morgan fingerprint density at radius 2 is 1.91 bits per heavy atom. The molecule has 3 aromatic heterocycles. The van der Waals surface area contributed by atoms with Gasteiger partial charge in [0.15, 0.2) is 5.82 Å². The Morgan fingerprint density at radius 1 is 1.15 bits per heavy atom. The highest BCUT2D eigenvalue weighted by atomic mass is 19.1. The van der Waals surface area contributed by atoms with Crippen LogP contribution in [0.2, 0.25) is 0 Å². The minimum Gasteiger partial charge on any atom is -0.344 e. The Balaban J connectivity index is 1.43. The van der Waals surface area contributed by atoms with Crippen molar-refractivity contribution in [1.82, 2.24) is 34.0 Å². The molecule has 0 radical (unpaired) electrons. The summed E-state index contributed by atoms with van der Waals surface area (Å²) in [6.07, 6.45) is 2.38. The van der Waals surface area contributed by atoms with Gasteiger partial charge >= 0.3 is 0 Å². The number of benzene rings is 1. The van der Waals surface area contributed by atoms with Crippen LogP contribution < -0.4 is 0 Å². The van der Waals surface area contributed by atoms with E-state index in [1.165, 1.54) is 12.1 Å². The molecule has 0 aliphatic carbocycles. The molecular formula is C24H26FN7O. The van der Waals surface area contributed by atoms with Gasteiger partial charge in [-0.3, -0.25) is 9.48 Å². The van der Waals surface area contributed by atoms with Crippen molar-refractivity contribution in [2.75, 3.05) is 6.54 Å². The highest BCUT2D eigenvalue weighted by molar-refractivity contribution is 5.96. The van der Waals surface area contributed by atoms with Crippen LogP contribution in [0.5, 0.6) is 0 Å². The average Bonchev–Trinajstić information content (AvgIpc) is 3.45. The average molecular weight is 448 g/mol. The van der Waals surface area contributed by atoms with Crippen LogP contribution in [0.15, 0.2) is 36.7 Å². The second-order valence-electron chi connectivity index (χ2n) is 8.64. The number of aryl methyl sites for hydroxylation is 3. The number of carbonyl (C=O) groups excluding carboxylic acids is 1. The van der Waals surface area contributed by atoms with Gasteiger partial charge in [0.2, 0.25) is 0 Å². The van der Waals surface area contributed by atoms with E-state index in [-0.39, 0.29) is 11.7 Å². The Bertz CT molecular complexity index is 1350. The zero-order valence-electron chi connectivity index (χ0n) is 19.2. The Kier molecular flexibility index (Phi) is 5.11. The first-order chi connectivity index (χ1) is 15.8. The molecule has 8 nitrogen and oxygen atoms in total. The van der Waals surface area contributed by atoms with Crippen LogP contribution in [0.4, 0.5) is 4.39 Å². The molecule has 0 bridgehead atoms. The lowest BCUT2D eigenvalue weighted by Gasteiger charge is -2.27. The van der Waals surface area contributed by atoms with Crippen molar-refractivity contribution in [1.29, 1.82) is 0 Å². The molecule has 0 saturated carbocycles. The SMILES string of the molecule is Cc1cc(C(=O)N2CCc3c(c(-c4nncn4C)nn3C)C2)c(C)n1Cc1ccc(F)cc1. The maximum Gasteiger partial charge on any atom is 0.255 e. The summed E-state index contributed by atoms with van der Waals surface area (Å²) in [6, 6.07) is 8.42. The van der Waals surface area contributed by atoms with Gasteiger partial charge in [0, 0.05) is 56.3 Å². The molecule has 170 valence electrons. The second-order valence-corrected chi connectivity index (χ2v) is 8.64. The predicted octanol–water partition coefficient (Wildman–Crippen LogP) is 3.02. The standard InChI is InChI=1S/C24H26FN7O/c1-15-11-19(16(2)32(15)12-17-5-7-18(25)8-6-17)24(33)31-10-9-21-20(13-31)22(28-30(21)4)23-27-26-14-29(23)3/h5-8,11,14H,9-10,12-13H2,1-4H3. The maximum absolute atomic E-state index is 13.6. The number of amides is 1. The molecule has 33 heavy (non-hydrogen) atoms. The van der Waals surface area contributed by atoms with Crippen LogP contribution in [0.3, 0.4) is 0 Å². The van der Waals surface area contributed by atoms with Crippen molar-refractivity contribution < 1.29 is 9.18 Å². The van der Waals surface area contributed by atoms with Gasteiger partial charge in [-0.2, -0.15) is 5.10 Å². The molecule has 4 aromatic rings. The van der Waals surface area contributed by atoms with Crippen molar-refractivity contribution in [2.24, 2.45) is 14.1 Å². The Hall–Kier alpha value is -3.75. The molecule has 1 aliphatic heterocycles. The van der Waals surface area contributed by atoms with E-state index in [9.17, 15) is 9.18 Å². The van der Waals surface area contributed by atoms with E-state index in [0.29, 0.717) is 31.0 Å². The smallest absolute Gasteiger partial charge is 0.255 e. The van der Waals surface area contributed by atoms with E-state index < -0.39 is 0 Å². The molecule has 0 spiro atoms. The third-order valence-electron chi connectivity index (χ3n) is 6.51. The molecule has 0 atom stereocenters. The van der Waals surface area contributed by atoms with Crippen LogP contribution in [0.25, 0.3) is 11.5 Å². The van der Waals surface area contributed by atoms with Gasteiger partial charge in [0.25, 0.3) is 5.91 Å². The third kappa shape index (κ3) is 3.63. The molecule has 1 amide bonds. The minimum atomic E-state index is -0.254. The lowest BCUT2D eigenvalue weighted by atomic mass is 10.0. The summed E-state index contributed by atoms with van der Waals surface area (Å²) >= 11 is 0. The van der Waals surface area contributed by atoms with Crippen molar-refractivity contribution in [3.05, 3.63) is 76.2 Å². The number of nitrogens with zero attached hydrogens (tertiary/aromatic N) is 7. The Labute approximate surface area is 191 Å². The van der Waals surface area contributed by atoms with Gasteiger partial charge in [-0.25, -0.2) is 4.39 Å². The fourth-order valence-electron chi connectivity index (χ4n) is 4.65. The van der Waals surface area contributed by atoms with Gasteiger partial charge in [-0.1, -0.05) is 12.1 Å². The normalized spacial score (nSPS) is 13.4. The first-order valence-corrected chi connectivity index (χ1v) is 10.9. The topological polar surface area (TPSA) is 73.8 Å². The summed E-state index contributed by atoms with van der Waals surface area (Å²) in [5, 5.41) is 12.9. The van der Waals surface area contributed by atoms with Crippen molar-refractivity contribution >= 4 is 5.91 Å². The molecule has 5 rings (SSSR count). The second kappa shape index (κ2) is 7.99. The van der Waals surface area contributed by atoms with E-state index in [4.69, 9.17) is 0 Å². The third-order valence-corrected chi connectivity index (χ3v) is 6.51. The molecule has 9 heteroatoms. The highest BCUT2D eigenvalue weighted by Crippen LogP contribution is 2.30. The van der Waals surface area contributed by atoms with Crippen molar-refractivity contribution in [3.8, 4) is 11.5 Å². The van der Waals surface area contributed by atoms with E-state index >= 15 is 0 Å². The number of fused-ring (bicyclic) bond motifs is 1. The molecule has 1 aliphatic rings. The zero-order valence-corrected chi connectivity index (χ0v) is 19.2. The van der Waals surface area contributed by atoms with Crippen molar-refractivity contribution in [2.45, 2.75) is 33.4 Å². The molecule has 4 heterocycles. The molecule has 0 unspecified atom stereocenters. The number of hydrogen-bond acceptors (Lipinski definition) is 4. The lowest BCUT2D eigenvalue weighted by Crippen LogP contribution is -2.36.